The summed E-state index contributed by atoms with van der Waals surface area (Å²) in [4.78, 5) is 14.7. The highest BCUT2D eigenvalue weighted by Crippen LogP contribution is 2.32. The van der Waals surface area contributed by atoms with Gasteiger partial charge >= 0.3 is 12.1 Å². The van der Waals surface area contributed by atoms with E-state index < -0.39 is 18.0 Å². The Labute approximate surface area is 150 Å². The third-order valence-corrected chi connectivity index (χ3v) is 3.50. The van der Waals surface area contributed by atoms with Gasteiger partial charge in [0.05, 0.1) is 7.11 Å². The van der Waals surface area contributed by atoms with Crippen molar-refractivity contribution < 1.29 is 31.9 Å². The molecule has 0 saturated heterocycles. The summed E-state index contributed by atoms with van der Waals surface area (Å²) in [6.45, 7) is 1.86. The van der Waals surface area contributed by atoms with Gasteiger partial charge in [-0.2, -0.15) is 13.2 Å². The molecule has 27 heavy (non-hydrogen) atoms. The summed E-state index contributed by atoms with van der Waals surface area (Å²) >= 11 is 0. The van der Waals surface area contributed by atoms with Crippen molar-refractivity contribution in [3.8, 4) is 34.5 Å². The lowest BCUT2D eigenvalue weighted by Gasteiger charge is -2.08. The number of carbonyl (C=O) groups excluding carboxylic acids is 1. The molecule has 3 aromatic rings. The van der Waals surface area contributed by atoms with Crippen LogP contribution in [0.4, 0.5) is 13.2 Å². The molecule has 7 nitrogen and oxygen atoms in total. The van der Waals surface area contributed by atoms with Crippen LogP contribution >= 0.6 is 0 Å². The summed E-state index contributed by atoms with van der Waals surface area (Å²) < 4.78 is 52.3. The van der Waals surface area contributed by atoms with Gasteiger partial charge in [0.15, 0.2) is 0 Å². The number of hydrogen-bond donors (Lipinski definition) is 0. The van der Waals surface area contributed by atoms with Crippen LogP contribution in [-0.4, -0.2) is 34.4 Å². The highest BCUT2D eigenvalue weighted by Gasteiger charge is 2.42. The fourth-order valence-corrected chi connectivity index (χ4v) is 2.18. The number of nitrogens with zero attached hydrogens (tertiary/aromatic N) is 3. The van der Waals surface area contributed by atoms with Gasteiger partial charge in [-0.15, -0.1) is 10.2 Å². The molecule has 0 saturated carbocycles. The number of ether oxygens (including phenoxy) is 2. The van der Waals surface area contributed by atoms with Crippen molar-refractivity contribution in [1.82, 2.24) is 15.2 Å². The topological polar surface area (TPSA) is 87.3 Å². The number of halogens is 3. The van der Waals surface area contributed by atoms with E-state index in [0.717, 1.165) is 5.56 Å². The molecule has 0 aliphatic carbocycles. The Kier molecular flexibility index (Phi) is 4.80. The molecule has 10 heteroatoms. The second kappa shape index (κ2) is 7.06. The minimum absolute atomic E-state index is 0.0482. The number of aryl methyl sites for hydroxylation is 1. The molecule has 0 fully saturated rings. The van der Waals surface area contributed by atoms with Gasteiger partial charge in [0, 0.05) is 11.8 Å². The first-order valence-electron chi connectivity index (χ1n) is 7.52. The van der Waals surface area contributed by atoms with Crippen molar-refractivity contribution in [3.05, 3.63) is 42.1 Å². The van der Waals surface area contributed by atoms with Gasteiger partial charge < -0.3 is 13.9 Å². The van der Waals surface area contributed by atoms with Crippen LogP contribution in [-0.2, 0) is 4.79 Å². The van der Waals surface area contributed by atoms with E-state index in [1.807, 2.05) is 6.92 Å². The molecule has 2 aromatic heterocycles. The normalized spacial score (nSPS) is 11.3. The molecule has 0 spiro atoms. The molecule has 3 rings (SSSR count). The smallest absolute Gasteiger partial charge is 0.491 e. The van der Waals surface area contributed by atoms with Crippen molar-refractivity contribution >= 4 is 5.97 Å². The van der Waals surface area contributed by atoms with Crippen molar-refractivity contribution in [2.75, 3.05) is 7.11 Å². The Bertz CT molecular complexity index is 986. The van der Waals surface area contributed by atoms with Crippen LogP contribution in [0.1, 0.15) is 5.56 Å². The van der Waals surface area contributed by atoms with Crippen LogP contribution in [0.25, 0.3) is 22.9 Å². The Balaban J connectivity index is 1.95. The van der Waals surface area contributed by atoms with Gasteiger partial charge in [-0.3, -0.25) is 0 Å². The van der Waals surface area contributed by atoms with Gasteiger partial charge in [-0.25, -0.2) is 9.78 Å². The maximum absolute atomic E-state index is 12.4. The maximum Gasteiger partial charge on any atom is 0.491 e. The fourth-order valence-electron chi connectivity index (χ4n) is 2.18. The van der Waals surface area contributed by atoms with E-state index in [9.17, 15) is 18.0 Å². The zero-order chi connectivity index (χ0) is 19.6. The molecule has 0 aliphatic rings. The molecular formula is C17H12F3N3O4. The van der Waals surface area contributed by atoms with Crippen LogP contribution in [0.2, 0.25) is 0 Å². The third kappa shape index (κ3) is 3.89. The number of esters is 1. The van der Waals surface area contributed by atoms with E-state index >= 15 is 0 Å². The summed E-state index contributed by atoms with van der Waals surface area (Å²) in [6, 6.07) is 7.97. The largest absolute Gasteiger partial charge is 0.496 e. The Morgan fingerprint density at radius 3 is 2.59 bits per heavy atom. The first-order valence-corrected chi connectivity index (χ1v) is 7.52. The minimum atomic E-state index is -5.16. The van der Waals surface area contributed by atoms with Gasteiger partial charge in [0.25, 0.3) is 5.89 Å². The third-order valence-electron chi connectivity index (χ3n) is 3.50. The molecule has 0 bridgehead atoms. The van der Waals surface area contributed by atoms with Gasteiger partial charge in [-0.1, -0.05) is 6.07 Å². The number of benzene rings is 1. The SMILES string of the molecule is COc1cc(-c2nnc(-c3cccnc3OC(=O)C(F)(F)F)o2)ccc1C. The number of aromatic nitrogens is 3. The predicted octanol–water partition coefficient (Wildman–Crippen LogP) is 3.58. The maximum atomic E-state index is 12.4. The molecule has 0 aliphatic heterocycles. The van der Waals surface area contributed by atoms with E-state index in [-0.39, 0.29) is 17.3 Å². The molecule has 0 radical (unpaired) electrons. The summed E-state index contributed by atoms with van der Waals surface area (Å²) in [7, 11) is 1.52. The Morgan fingerprint density at radius 1 is 1.15 bits per heavy atom. The zero-order valence-corrected chi connectivity index (χ0v) is 14.1. The Morgan fingerprint density at radius 2 is 1.89 bits per heavy atom. The van der Waals surface area contributed by atoms with Crippen LogP contribution in [0.15, 0.2) is 40.9 Å². The molecule has 1 aromatic carbocycles. The number of alkyl halides is 3. The first-order chi connectivity index (χ1) is 12.8. The summed E-state index contributed by atoms with van der Waals surface area (Å²) in [5.41, 5.74) is 1.40. The van der Waals surface area contributed by atoms with Crippen LogP contribution < -0.4 is 9.47 Å². The Hall–Kier alpha value is -3.43. The first kappa shape index (κ1) is 18.4. The monoisotopic (exact) mass is 379 g/mol. The fraction of sp³-hybridized carbons (Fsp3) is 0.176. The van der Waals surface area contributed by atoms with Gasteiger partial charge in [0.1, 0.15) is 11.3 Å². The average molecular weight is 379 g/mol. The van der Waals surface area contributed by atoms with Crippen LogP contribution in [0.3, 0.4) is 0 Å². The molecule has 2 heterocycles. The number of pyridine rings is 1. The van der Waals surface area contributed by atoms with E-state index in [1.165, 1.54) is 25.4 Å². The number of hydrogen-bond acceptors (Lipinski definition) is 7. The van der Waals surface area contributed by atoms with E-state index in [2.05, 4.69) is 19.9 Å². The van der Waals surface area contributed by atoms with Gasteiger partial charge in [-0.05, 0) is 36.8 Å². The quantitative estimate of drug-likeness (QED) is 0.640. The average Bonchev–Trinajstić information content (AvgIpc) is 3.11. The summed E-state index contributed by atoms with van der Waals surface area (Å²) in [5, 5.41) is 7.68. The van der Waals surface area contributed by atoms with Crippen molar-refractivity contribution in [2.24, 2.45) is 0 Å². The second-order valence-electron chi connectivity index (χ2n) is 5.34. The van der Waals surface area contributed by atoms with E-state index in [0.29, 0.717) is 11.3 Å². The van der Waals surface area contributed by atoms with Crippen LogP contribution in [0.5, 0.6) is 11.6 Å². The predicted molar refractivity (Wildman–Crippen MR) is 85.9 cm³/mol. The van der Waals surface area contributed by atoms with E-state index in [1.54, 1.807) is 18.2 Å². The number of rotatable bonds is 4. The lowest BCUT2D eigenvalue weighted by Crippen LogP contribution is -2.28. The lowest BCUT2D eigenvalue weighted by atomic mass is 10.1. The molecule has 0 N–H and O–H groups in total. The highest BCUT2D eigenvalue weighted by atomic mass is 19.4. The lowest BCUT2D eigenvalue weighted by molar-refractivity contribution is -0.189. The van der Waals surface area contributed by atoms with Crippen molar-refractivity contribution in [2.45, 2.75) is 13.1 Å². The van der Waals surface area contributed by atoms with Crippen molar-refractivity contribution in [1.29, 1.82) is 0 Å². The molecule has 0 unspecified atom stereocenters. The highest BCUT2D eigenvalue weighted by molar-refractivity contribution is 5.79. The van der Waals surface area contributed by atoms with E-state index in [4.69, 9.17) is 9.15 Å². The minimum Gasteiger partial charge on any atom is -0.496 e. The molecule has 140 valence electrons. The molecule has 0 atom stereocenters. The standard InChI is InChI=1S/C17H12F3N3O4/c1-9-5-6-10(8-12(9)25-2)13-22-23-15(26-13)11-4-3-7-21-14(11)27-16(24)17(18,19)20/h3-8H,1-2H3. The zero-order valence-electron chi connectivity index (χ0n) is 14.1. The molecular weight excluding hydrogens is 367 g/mol. The van der Waals surface area contributed by atoms with Crippen molar-refractivity contribution in [3.63, 3.8) is 0 Å². The van der Waals surface area contributed by atoms with Gasteiger partial charge in [0.2, 0.25) is 11.8 Å². The summed E-state index contributed by atoms with van der Waals surface area (Å²) in [5.74, 6) is -2.42. The summed E-state index contributed by atoms with van der Waals surface area (Å²) in [6.07, 6.45) is -3.99. The molecule has 0 amide bonds. The number of methoxy groups -OCH3 is 1. The number of carbonyl (C=O) groups is 1. The van der Waals surface area contributed by atoms with Crippen LogP contribution in [0, 0.1) is 6.92 Å². The second-order valence-corrected chi connectivity index (χ2v) is 5.34.